The number of rotatable bonds is 10. The molecule has 2 amide bonds. The third-order valence-electron chi connectivity index (χ3n) is 5.19. The van der Waals surface area contributed by atoms with E-state index in [1.54, 1.807) is 35.5 Å². The minimum atomic E-state index is -0.165. The maximum absolute atomic E-state index is 13.4. The molecule has 0 spiro atoms. The first kappa shape index (κ1) is 23.7. The predicted octanol–water partition coefficient (Wildman–Crippen LogP) is 4.68. The minimum absolute atomic E-state index is 0.00720. The second-order valence-corrected chi connectivity index (χ2v) is 9.21. The third-order valence-corrected chi connectivity index (χ3v) is 6.17. The lowest BCUT2D eigenvalue weighted by Gasteiger charge is -2.27. The molecule has 0 atom stereocenters. The molecule has 0 fully saturated rings. The highest BCUT2D eigenvalue weighted by molar-refractivity contribution is 7.11. The fourth-order valence-electron chi connectivity index (χ4n) is 3.39. The Labute approximate surface area is 194 Å². The van der Waals surface area contributed by atoms with E-state index < -0.39 is 0 Å². The van der Waals surface area contributed by atoms with E-state index in [1.807, 2.05) is 54.3 Å². The van der Waals surface area contributed by atoms with Crippen LogP contribution in [-0.2, 0) is 22.6 Å². The van der Waals surface area contributed by atoms with Crippen LogP contribution in [0, 0.1) is 13.8 Å². The first-order valence-electron chi connectivity index (χ1n) is 10.7. The highest BCUT2D eigenvalue weighted by atomic mass is 32.1. The molecule has 6 heteroatoms. The fraction of sp³-hybridized carbons (Fsp3) is 0.308. The Bertz CT molecular complexity index is 1020. The van der Waals surface area contributed by atoms with Gasteiger partial charge in [-0.05, 0) is 43.7 Å². The molecule has 3 aromatic rings. The number of nitrogens with zero attached hydrogens (tertiary/aromatic N) is 2. The van der Waals surface area contributed by atoms with Gasteiger partial charge < -0.3 is 14.5 Å². The maximum atomic E-state index is 13.4. The van der Waals surface area contributed by atoms with Gasteiger partial charge in [0.1, 0.15) is 6.54 Å². The summed E-state index contributed by atoms with van der Waals surface area (Å²) in [4.78, 5) is 32.3. The van der Waals surface area contributed by atoms with E-state index in [0.29, 0.717) is 31.8 Å². The summed E-state index contributed by atoms with van der Waals surface area (Å²) in [5.74, 6) is -0.251. The number of amides is 2. The number of benzene rings is 2. The van der Waals surface area contributed by atoms with E-state index in [1.165, 1.54) is 4.88 Å². The van der Waals surface area contributed by atoms with Crippen molar-refractivity contribution in [2.45, 2.75) is 26.9 Å². The summed E-state index contributed by atoms with van der Waals surface area (Å²) >= 11 is 1.69. The summed E-state index contributed by atoms with van der Waals surface area (Å²) in [7, 11) is 1.59. The van der Waals surface area contributed by atoms with E-state index >= 15 is 0 Å². The van der Waals surface area contributed by atoms with Crippen molar-refractivity contribution in [3.63, 3.8) is 0 Å². The fourth-order valence-corrected chi connectivity index (χ4v) is 4.30. The molecular formula is C26H30N2O3S. The molecule has 168 valence electrons. The summed E-state index contributed by atoms with van der Waals surface area (Å²) in [5, 5.41) is 0. The van der Waals surface area contributed by atoms with Gasteiger partial charge in [0, 0.05) is 35.5 Å². The monoisotopic (exact) mass is 450 g/mol. The minimum Gasteiger partial charge on any atom is -0.383 e. The van der Waals surface area contributed by atoms with Gasteiger partial charge in [-0.3, -0.25) is 9.59 Å². The first-order valence-corrected chi connectivity index (χ1v) is 11.5. The Kier molecular flexibility index (Phi) is 8.59. The van der Waals surface area contributed by atoms with Crippen LogP contribution in [0.25, 0.3) is 0 Å². The SMILES string of the molecule is COCCN(CC(=O)N(Cc1ccccc1)Cc1ccc(C)s1)C(=O)c1ccc(C)cc1. The summed E-state index contributed by atoms with van der Waals surface area (Å²) in [5.41, 5.74) is 2.71. The van der Waals surface area contributed by atoms with Crippen molar-refractivity contribution in [1.29, 1.82) is 0 Å². The number of ether oxygens (including phenoxy) is 1. The van der Waals surface area contributed by atoms with E-state index in [2.05, 4.69) is 19.1 Å². The van der Waals surface area contributed by atoms with Gasteiger partial charge in [-0.25, -0.2) is 0 Å². The van der Waals surface area contributed by atoms with Crippen LogP contribution in [0.1, 0.15) is 31.2 Å². The number of thiophene rings is 1. The van der Waals surface area contributed by atoms with Crippen LogP contribution in [0.5, 0.6) is 0 Å². The zero-order valence-electron chi connectivity index (χ0n) is 18.9. The molecule has 0 saturated heterocycles. The van der Waals surface area contributed by atoms with Gasteiger partial charge in [-0.15, -0.1) is 11.3 Å². The smallest absolute Gasteiger partial charge is 0.254 e. The van der Waals surface area contributed by atoms with Crippen molar-refractivity contribution in [3.05, 3.63) is 93.2 Å². The standard InChI is InChI=1S/C26H30N2O3S/c1-20-9-12-23(13-10-20)26(30)27(15-16-31-3)19-25(29)28(17-22-7-5-4-6-8-22)18-24-14-11-21(2)32-24/h4-14H,15-19H2,1-3H3. The normalized spacial score (nSPS) is 10.7. The molecule has 32 heavy (non-hydrogen) atoms. The number of hydrogen-bond acceptors (Lipinski definition) is 4. The molecule has 1 aromatic heterocycles. The van der Waals surface area contributed by atoms with Crippen LogP contribution in [0.2, 0.25) is 0 Å². The van der Waals surface area contributed by atoms with Gasteiger partial charge in [0.15, 0.2) is 0 Å². The van der Waals surface area contributed by atoms with Crippen molar-refractivity contribution in [2.24, 2.45) is 0 Å². The van der Waals surface area contributed by atoms with E-state index in [4.69, 9.17) is 4.74 Å². The Morgan fingerprint density at radius 3 is 2.22 bits per heavy atom. The van der Waals surface area contributed by atoms with Crippen LogP contribution < -0.4 is 0 Å². The molecule has 0 bridgehead atoms. The second-order valence-electron chi connectivity index (χ2n) is 7.83. The van der Waals surface area contributed by atoms with Gasteiger partial charge in [0.25, 0.3) is 5.91 Å². The van der Waals surface area contributed by atoms with Gasteiger partial charge >= 0.3 is 0 Å². The highest BCUT2D eigenvalue weighted by Crippen LogP contribution is 2.19. The molecule has 0 unspecified atom stereocenters. The highest BCUT2D eigenvalue weighted by Gasteiger charge is 2.23. The molecule has 0 saturated carbocycles. The van der Waals surface area contributed by atoms with Gasteiger partial charge in [0.05, 0.1) is 13.2 Å². The van der Waals surface area contributed by atoms with Gasteiger partial charge in [-0.2, -0.15) is 0 Å². The van der Waals surface area contributed by atoms with Gasteiger partial charge in [0.2, 0.25) is 5.91 Å². The van der Waals surface area contributed by atoms with E-state index in [9.17, 15) is 9.59 Å². The van der Waals surface area contributed by atoms with Crippen molar-refractivity contribution >= 4 is 23.2 Å². The van der Waals surface area contributed by atoms with Crippen LogP contribution in [0.4, 0.5) is 0 Å². The first-order chi connectivity index (χ1) is 15.5. The van der Waals surface area contributed by atoms with E-state index in [-0.39, 0.29) is 18.4 Å². The Balaban J connectivity index is 1.79. The molecule has 0 aliphatic carbocycles. The quantitative estimate of drug-likeness (QED) is 0.451. The molecule has 0 radical (unpaired) electrons. The number of aryl methyl sites for hydroxylation is 2. The zero-order chi connectivity index (χ0) is 22.9. The lowest BCUT2D eigenvalue weighted by molar-refractivity contribution is -0.133. The molecule has 2 aromatic carbocycles. The maximum Gasteiger partial charge on any atom is 0.254 e. The van der Waals surface area contributed by atoms with Crippen molar-refractivity contribution in [3.8, 4) is 0 Å². The Morgan fingerprint density at radius 1 is 0.875 bits per heavy atom. The second kappa shape index (κ2) is 11.6. The zero-order valence-corrected chi connectivity index (χ0v) is 19.7. The number of carbonyl (C=O) groups is 2. The number of carbonyl (C=O) groups excluding carboxylic acids is 2. The van der Waals surface area contributed by atoms with Crippen LogP contribution in [0.15, 0.2) is 66.7 Å². The average molecular weight is 451 g/mol. The van der Waals surface area contributed by atoms with Crippen molar-refractivity contribution < 1.29 is 14.3 Å². The average Bonchev–Trinajstić information content (AvgIpc) is 3.21. The lowest BCUT2D eigenvalue weighted by Crippen LogP contribution is -2.43. The van der Waals surface area contributed by atoms with Crippen molar-refractivity contribution in [1.82, 2.24) is 9.80 Å². The molecule has 0 N–H and O–H groups in total. The molecule has 0 aliphatic rings. The molecule has 0 aliphatic heterocycles. The molecule has 1 heterocycles. The summed E-state index contributed by atoms with van der Waals surface area (Å²) in [6.45, 7) is 5.78. The van der Waals surface area contributed by atoms with E-state index in [0.717, 1.165) is 16.0 Å². The number of methoxy groups -OCH3 is 1. The Hall–Kier alpha value is -2.96. The summed E-state index contributed by atoms with van der Waals surface area (Å²) in [6, 6.07) is 21.5. The lowest BCUT2D eigenvalue weighted by atomic mass is 10.1. The van der Waals surface area contributed by atoms with Crippen LogP contribution in [0.3, 0.4) is 0 Å². The predicted molar refractivity (Wildman–Crippen MR) is 129 cm³/mol. The summed E-state index contributed by atoms with van der Waals surface area (Å²) < 4.78 is 5.20. The van der Waals surface area contributed by atoms with Crippen LogP contribution in [-0.4, -0.2) is 48.4 Å². The molecule has 3 rings (SSSR count). The Morgan fingerprint density at radius 2 is 1.59 bits per heavy atom. The van der Waals surface area contributed by atoms with Crippen LogP contribution >= 0.6 is 11.3 Å². The van der Waals surface area contributed by atoms with Gasteiger partial charge in [-0.1, -0.05) is 48.0 Å². The number of hydrogen-bond donors (Lipinski definition) is 0. The summed E-state index contributed by atoms with van der Waals surface area (Å²) in [6.07, 6.45) is 0. The topological polar surface area (TPSA) is 49.9 Å². The third kappa shape index (κ3) is 6.77. The van der Waals surface area contributed by atoms with Crippen molar-refractivity contribution in [2.75, 3.05) is 26.8 Å². The molecular weight excluding hydrogens is 420 g/mol. The largest absolute Gasteiger partial charge is 0.383 e. The molecule has 5 nitrogen and oxygen atoms in total.